The number of hydrogen-bond donors (Lipinski definition) is 0. The predicted octanol–water partition coefficient (Wildman–Crippen LogP) is 6.29. The summed E-state index contributed by atoms with van der Waals surface area (Å²) in [7, 11) is 0. The molecule has 1 aliphatic rings. The third-order valence-electron chi connectivity index (χ3n) is 6.45. The first-order valence-corrected chi connectivity index (χ1v) is 13.0. The Morgan fingerprint density at radius 1 is 0.594 bits per heavy atom. The SMILES string of the molecule is c1ccc2cc(CC3(Cc4ccc5ccccc5c4)COc4c[se]cc4OC3)ccc2c1. The van der Waals surface area contributed by atoms with Crippen molar-refractivity contribution in [3.05, 3.63) is 106 Å². The molecule has 1 aromatic heterocycles. The summed E-state index contributed by atoms with van der Waals surface area (Å²) in [5, 5.41) is 5.12. The molecule has 0 saturated heterocycles. The topological polar surface area (TPSA) is 18.5 Å². The first-order chi connectivity index (χ1) is 15.8. The van der Waals surface area contributed by atoms with Crippen LogP contribution in [0.4, 0.5) is 0 Å². The summed E-state index contributed by atoms with van der Waals surface area (Å²) in [6.45, 7) is 1.32. The molecule has 32 heavy (non-hydrogen) atoms. The molecule has 0 fully saturated rings. The second-order valence-electron chi connectivity index (χ2n) is 8.89. The van der Waals surface area contributed by atoms with Crippen molar-refractivity contribution in [1.29, 1.82) is 0 Å². The summed E-state index contributed by atoms with van der Waals surface area (Å²) in [5.74, 6) is 1.87. The number of hydrogen-bond acceptors (Lipinski definition) is 2. The van der Waals surface area contributed by atoms with E-state index in [2.05, 4.69) is 94.8 Å². The van der Waals surface area contributed by atoms with Gasteiger partial charge in [0.05, 0.1) is 0 Å². The van der Waals surface area contributed by atoms with Crippen molar-refractivity contribution in [2.24, 2.45) is 5.41 Å². The fourth-order valence-corrected chi connectivity index (χ4v) is 6.25. The van der Waals surface area contributed by atoms with Gasteiger partial charge in [-0.3, -0.25) is 0 Å². The van der Waals surface area contributed by atoms with Crippen LogP contribution in [0.5, 0.6) is 11.5 Å². The van der Waals surface area contributed by atoms with Crippen LogP contribution in [0.25, 0.3) is 21.5 Å². The first-order valence-electron chi connectivity index (χ1n) is 11.0. The van der Waals surface area contributed by atoms with Crippen molar-refractivity contribution in [3.63, 3.8) is 0 Å². The zero-order chi connectivity index (χ0) is 21.4. The Morgan fingerprint density at radius 3 is 1.56 bits per heavy atom. The standard InChI is InChI=1S/C29H24O2Se/c1-3-7-25-13-21(9-11-23(25)5-1)15-29(19-30-27-17-32-18-28(27)31-20-29)16-22-10-12-24-6-2-4-8-26(24)14-22/h1-14,17-18H,15-16,19-20H2. The average Bonchev–Trinajstić information content (AvgIpc) is 3.22. The van der Waals surface area contributed by atoms with Crippen molar-refractivity contribution in [3.8, 4) is 11.5 Å². The van der Waals surface area contributed by atoms with Crippen LogP contribution in [-0.4, -0.2) is 27.7 Å². The minimum atomic E-state index is -0.135. The molecule has 0 atom stereocenters. The molecule has 2 heterocycles. The second kappa shape index (κ2) is 8.16. The molecule has 158 valence electrons. The van der Waals surface area contributed by atoms with E-state index >= 15 is 0 Å². The summed E-state index contributed by atoms with van der Waals surface area (Å²) in [4.78, 5) is 4.37. The molecule has 5 aromatic rings. The Morgan fingerprint density at radius 2 is 1.06 bits per heavy atom. The second-order valence-corrected chi connectivity index (χ2v) is 10.5. The van der Waals surface area contributed by atoms with Crippen molar-refractivity contribution in [1.82, 2.24) is 0 Å². The van der Waals surface area contributed by atoms with E-state index in [4.69, 9.17) is 9.47 Å². The number of benzene rings is 4. The number of ether oxygens (including phenoxy) is 2. The Balaban J connectivity index is 1.37. The predicted molar refractivity (Wildman–Crippen MR) is 132 cm³/mol. The van der Waals surface area contributed by atoms with Crippen LogP contribution in [-0.2, 0) is 12.8 Å². The third kappa shape index (κ3) is 3.83. The van der Waals surface area contributed by atoms with Crippen LogP contribution in [0, 0.1) is 5.41 Å². The van der Waals surface area contributed by atoms with E-state index in [0.29, 0.717) is 27.7 Å². The van der Waals surface area contributed by atoms with Gasteiger partial charge in [0, 0.05) is 0 Å². The normalized spacial score (nSPS) is 15.0. The Kier molecular flexibility index (Phi) is 5.02. The molecule has 0 spiro atoms. The van der Waals surface area contributed by atoms with Gasteiger partial charge < -0.3 is 0 Å². The summed E-state index contributed by atoms with van der Waals surface area (Å²) in [5.41, 5.74) is 2.52. The average molecular weight is 483 g/mol. The monoisotopic (exact) mass is 484 g/mol. The molecule has 3 heteroatoms. The van der Waals surface area contributed by atoms with Gasteiger partial charge in [-0.25, -0.2) is 0 Å². The van der Waals surface area contributed by atoms with E-state index in [-0.39, 0.29) is 5.41 Å². The van der Waals surface area contributed by atoms with Gasteiger partial charge >= 0.3 is 194 Å². The van der Waals surface area contributed by atoms with Gasteiger partial charge in [-0.2, -0.15) is 0 Å². The van der Waals surface area contributed by atoms with E-state index in [1.54, 1.807) is 0 Å². The Bertz CT molecular complexity index is 1300. The van der Waals surface area contributed by atoms with Crippen molar-refractivity contribution in [2.75, 3.05) is 13.2 Å². The van der Waals surface area contributed by atoms with Crippen LogP contribution < -0.4 is 9.47 Å². The summed E-state index contributed by atoms with van der Waals surface area (Å²) < 4.78 is 12.7. The van der Waals surface area contributed by atoms with Crippen LogP contribution in [0.2, 0.25) is 0 Å². The molecule has 0 saturated carbocycles. The molecule has 0 N–H and O–H groups in total. The zero-order valence-corrected chi connectivity index (χ0v) is 19.5. The molecule has 1 aliphatic heterocycles. The molecule has 4 aromatic carbocycles. The maximum atomic E-state index is 6.35. The molecule has 0 radical (unpaired) electrons. The van der Waals surface area contributed by atoms with Crippen molar-refractivity contribution < 1.29 is 9.47 Å². The van der Waals surface area contributed by atoms with Gasteiger partial charge in [-0.1, -0.05) is 0 Å². The molecule has 0 bridgehead atoms. The molecule has 0 aliphatic carbocycles. The summed E-state index contributed by atoms with van der Waals surface area (Å²) in [6.07, 6.45) is 1.83. The van der Waals surface area contributed by atoms with Gasteiger partial charge in [-0.15, -0.1) is 0 Å². The van der Waals surface area contributed by atoms with Crippen LogP contribution in [0.3, 0.4) is 0 Å². The van der Waals surface area contributed by atoms with E-state index in [9.17, 15) is 0 Å². The number of fused-ring (bicyclic) bond motifs is 3. The van der Waals surface area contributed by atoms with Crippen molar-refractivity contribution >= 4 is 36.0 Å². The van der Waals surface area contributed by atoms with Crippen LogP contribution in [0.1, 0.15) is 11.1 Å². The Labute approximate surface area is 194 Å². The fraction of sp³-hybridized carbons (Fsp3) is 0.172. The first kappa shape index (κ1) is 19.7. The molecule has 6 rings (SSSR count). The third-order valence-corrected chi connectivity index (χ3v) is 7.92. The molecule has 0 unspecified atom stereocenters. The Hall–Kier alpha value is -3.00. The molecule has 0 amide bonds. The molecular weight excluding hydrogens is 459 g/mol. The van der Waals surface area contributed by atoms with Gasteiger partial charge in [0.2, 0.25) is 0 Å². The van der Waals surface area contributed by atoms with Crippen LogP contribution in [0.15, 0.2) is 94.8 Å². The van der Waals surface area contributed by atoms with Crippen molar-refractivity contribution in [2.45, 2.75) is 12.8 Å². The molecule has 2 nitrogen and oxygen atoms in total. The van der Waals surface area contributed by atoms with E-state index in [1.165, 1.54) is 32.7 Å². The van der Waals surface area contributed by atoms with Crippen LogP contribution >= 0.6 is 0 Å². The molecular formula is C29H24O2Se. The maximum absolute atomic E-state index is 6.35. The van der Waals surface area contributed by atoms with Gasteiger partial charge in [-0.05, 0) is 0 Å². The van der Waals surface area contributed by atoms with E-state index < -0.39 is 0 Å². The van der Waals surface area contributed by atoms with E-state index in [0.717, 1.165) is 24.3 Å². The minimum absolute atomic E-state index is 0.135. The van der Waals surface area contributed by atoms with Gasteiger partial charge in [0.15, 0.2) is 0 Å². The quantitative estimate of drug-likeness (QED) is 0.280. The van der Waals surface area contributed by atoms with Gasteiger partial charge in [0.1, 0.15) is 0 Å². The van der Waals surface area contributed by atoms with E-state index in [1.807, 2.05) is 0 Å². The zero-order valence-electron chi connectivity index (χ0n) is 17.8. The number of rotatable bonds is 4. The fourth-order valence-electron chi connectivity index (χ4n) is 4.82. The van der Waals surface area contributed by atoms with Gasteiger partial charge in [0.25, 0.3) is 0 Å². The summed E-state index contributed by atoms with van der Waals surface area (Å²) >= 11 is 0.349. The summed E-state index contributed by atoms with van der Waals surface area (Å²) in [6, 6.07) is 30.8.